The standard InChI is InChI=1S/C21H23N3O4S/c1-12(2)9-15(21(27)28)23-18(25)17-13(3)16-19(29-17)22-11-24(20(16)26)10-14-7-5-4-6-8-14/h4-8,11-12,15H,9-10H2,1-3H3,(H,23,25)(H,27,28). The highest BCUT2D eigenvalue weighted by molar-refractivity contribution is 7.20. The summed E-state index contributed by atoms with van der Waals surface area (Å²) >= 11 is 1.10. The monoisotopic (exact) mass is 413 g/mol. The van der Waals surface area contributed by atoms with Crippen LogP contribution in [0.1, 0.15) is 41.1 Å². The van der Waals surface area contributed by atoms with E-state index in [-0.39, 0.29) is 11.5 Å². The fourth-order valence-corrected chi connectivity index (χ4v) is 4.23. The molecule has 8 heteroatoms. The number of carboxylic acid groups (broad SMARTS) is 1. The van der Waals surface area contributed by atoms with Crippen molar-refractivity contribution in [1.82, 2.24) is 14.9 Å². The topological polar surface area (TPSA) is 101 Å². The number of fused-ring (bicyclic) bond motifs is 1. The molecule has 0 bridgehead atoms. The van der Waals surface area contributed by atoms with Crippen LogP contribution in [0, 0.1) is 12.8 Å². The lowest BCUT2D eigenvalue weighted by molar-refractivity contribution is -0.139. The molecule has 0 spiro atoms. The van der Waals surface area contributed by atoms with Crippen molar-refractivity contribution < 1.29 is 14.7 Å². The second kappa shape index (κ2) is 8.57. The molecule has 0 aliphatic heterocycles. The van der Waals surface area contributed by atoms with Gasteiger partial charge in [0, 0.05) is 0 Å². The Labute approximate surface area is 172 Å². The molecule has 7 nitrogen and oxygen atoms in total. The number of carbonyl (C=O) groups is 2. The molecule has 1 unspecified atom stereocenters. The van der Waals surface area contributed by atoms with E-state index in [1.165, 1.54) is 10.9 Å². The van der Waals surface area contributed by atoms with E-state index >= 15 is 0 Å². The lowest BCUT2D eigenvalue weighted by atomic mass is 10.0. The molecule has 2 heterocycles. The molecule has 0 radical (unpaired) electrons. The highest BCUT2D eigenvalue weighted by Crippen LogP contribution is 2.27. The predicted molar refractivity (Wildman–Crippen MR) is 113 cm³/mol. The predicted octanol–water partition coefficient (Wildman–Crippen LogP) is 3.04. The van der Waals surface area contributed by atoms with Crippen molar-refractivity contribution in [1.29, 1.82) is 0 Å². The normalized spacial score (nSPS) is 12.3. The zero-order chi connectivity index (χ0) is 21.1. The van der Waals surface area contributed by atoms with Crippen molar-refractivity contribution in [2.75, 3.05) is 0 Å². The number of hydrogen-bond donors (Lipinski definition) is 2. The van der Waals surface area contributed by atoms with Crippen LogP contribution < -0.4 is 10.9 Å². The Balaban J connectivity index is 1.93. The number of hydrogen-bond acceptors (Lipinski definition) is 5. The van der Waals surface area contributed by atoms with E-state index in [4.69, 9.17) is 0 Å². The third-order valence-electron chi connectivity index (χ3n) is 4.63. The van der Waals surface area contributed by atoms with E-state index in [2.05, 4.69) is 10.3 Å². The lowest BCUT2D eigenvalue weighted by Crippen LogP contribution is -2.41. The molecule has 0 saturated carbocycles. The number of rotatable bonds is 7. The maximum atomic E-state index is 13.0. The van der Waals surface area contributed by atoms with Gasteiger partial charge in [-0.1, -0.05) is 44.2 Å². The summed E-state index contributed by atoms with van der Waals surface area (Å²) in [5, 5.41) is 12.3. The Morgan fingerprint density at radius 1 is 1.24 bits per heavy atom. The average Bonchev–Trinajstić information content (AvgIpc) is 3.01. The lowest BCUT2D eigenvalue weighted by Gasteiger charge is -2.16. The summed E-state index contributed by atoms with van der Waals surface area (Å²) < 4.78 is 1.51. The van der Waals surface area contributed by atoms with Crippen LogP contribution in [0.5, 0.6) is 0 Å². The Morgan fingerprint density at radius 3 is 2.55 bits per heavy atom. The Hall–Kier alpha value is -3.00. The van der Waals surface area contributed by atoms with Crippen LogP contribution in [0.4, 0.5) is 0 Å². The number of nitrogens with zero attached hydrogens (tertiary/aromatic N) is 2. The Morgan fingerprint density at radius 2 is 1.93 bits per heavy atom. The number of carbonyl (C=O) groups excluding carboxylic acids is 1. The van der Waals surface area contributed by atoms with Crippen molar-refractivity contribution in [3.63, 3.8) is 0 Å². The van der Waals surface area contributed by atoms with Gasteiger partial charge in [0.15, 0.2) is 0 Å². The number of aromatic nitrogens is 2. The van der Waals surface area contributed by atoms with Crippen LogP contribution in [0.15, 0.2) is 41.5 Å². The van der Waals surface area contributed by atoms with Crippen LogP contribution in [0.2, 0.25) is 0 Å². The summed E-state index contributed by atoms with van der Waals surface area (Å²) in [4.78, 5) is 42.3. The summed E-state index contributed by atoms with van der Waals surface area (Å²) in [6.45, 7) is 5.87. The van der Waals surface area contributed by atoms with E-state index in [9.17, 15) is 19.5 Å². The van der Waals surface area contributed by atoms with Gasteiger partial charge in [-0.3, -0.25) is 14.2 Å². The van der Waals surface area contributed by atoms with E-state index < -0.39 is 17.9 Å². The SMILES string of the molecule is Cc1c(C(=O)NC(CC(C)C)C(=O)O)sc2ncn(Cc3ccccc3)c(=O)c12. The largest absolute Gasteiger partial charge is 0.480 e. The second-order valence-electron chi connectivity index (χ2n) is 7.39. The second-order valence-corrected chi connectivity index (χ2v) is 8.39. The van der Waals surface area contributed by atoms with Gasteiger partial charge in [0.2, 0.25) is 0 Å². The van der Waals surface area contributed by atoms with Gasteiger partial charge in [-0.2, -0.15) is 0 Å². The first-order chi connectivity index (χ1) is 13.8. The van der Waals surface area contributed by atoms with E-state index in [1.54, 1.807) is 6.92 Å². The molecule has 3 aromatic rings. The first-order valence-corrected chi connectivity index (χ1v) is 10.2. The number of aryl methyl sites for hydroxylation is 1. The fourth-order valence-electron chi connectivity index (χ4n) is 3.19. The number of benzene rings is 1. The van der Waals surface area contributed by atoms with Crippen LogP contribution in [0.3, 0.4) is 0 Å². The molecule has 0 saturated heterocycles. The summed E-state index contributed by atoms with van der Waals surface area (Å²) in [6, 6.07) is 8.59. The van der Waals surface area contributed by atoms with Crippen molar-refractivity contribution in [3.8, 4) is 0 Å². The van der Waals surface area contributed by atoms with E-state index in [0.29, 0.717) is 33.6 Å². The summed E-state index contributed by atoms with van der Waals surface area (Å²) in [6.07, 6.45) is 1.81. The highest BCUT2D eigenvalue weighted by Gasteiger charge is 2.25. The van der Waals surface area contributed by atoms with Gasteiger partial charge in [-0.15, -0.1) is 11.3 Å². The number of carboxylic acids is 1. The fraction of sp³-hybridized carbons (Fsp3) is 0.333. The number of aliphatic carboxylic acids is 1. The Bertz CT molecular complexity index is 1100. The summed E-state index contributed by atoms with van der Waals surface area (Å²) in [5.41, 5.74) is 1.28. The molecular formula is C21H23N3O4S. The maximum absolute atomic E-state index is 13.0. The first kappa shape index (κ1) is 20.7. The zero-order valence-corrected chi connectivity index (χ0v) is 17.3. The summed E-state index contributed by atoms with van der Waals surface area (Å²) in [5.74, 6) is -1.45. The van der Waals surface area contributed by atoms with Crippen LogP contribution in [0.25, 0.3) is 10.2 Å². The van der Waals surface area contributed by atoms with Gasteiger partial charge in [-0.25, -0.2) is 9.78 Å². The minimum absolute atomic E-state index is 0.117. The van der Waals surface area contributed by atoms with Crippen molar-refractivity contribution in [2.45, 2.75) is 39.8 Å². The van der Waals surface area contributed by atoms with Crippen LogP contribution >= 0.6 is 11.3 Å². The van der Waals surface area contributed by atoms with Gasteiger partial charge in [-0.05, 0) is 30.4 Å². The van der Waals surface area contributed by atoms with Gasteiger partial charge >= 0.3 is 5.97 Å². The maximum Gasteiger partial charge on any atom is 0.326 e. The minimum Gasteiger partial charge on any atom is -0.480 e. The quantitative estimate of drug-likeness (QED) is 0.620. The van der Waals surface area contributed by atoms with E-state index in [0.717, 1.165) is 16.9 Å². The highest BCUT2D eigenvalue weighted by atomic mass is 32.1. The molecule has 29 heavy (non-hydrogen) atoms. The smallest absolute Gasteiger partial charge is 0.326 e. The number of amides is 1. The molecule has 2 aromatic heterocycles. The van der Waals surface area contributed by atoms with Crippen molar-refractivity contribution in [3.05, 3.63) is 63.0 Å². The molecule has 1 atom stereocenters. The third-order valence-corrected chi connectivity index (χ3v) is 5.83. The molecule has 152 valence electrons. The van der Waals surface area contributed by atoms with Gasteiger partial charge in [0.05, 0.1) is 23.1 Å². The molecule has 3 rings (SSSR count). The number of nitrogens with one attached hydrogen (secondary N) is 1. The Kier molecular flexibility index (Phi) is 6.12. The van der Waals surface area contributed by atoms with Crippen LogP contribution in [-0.2, 0) is 11.3 Å². The molecule has 0 aliphatic carbocycles. The van der Waals surface area contributed by atoms with Crippen LogP contribution in [-0.4, -0.2) is 32.6 Å². The minimum atomic E-state index is -1.07. The summed E-state index contributed by atoms with van der Waals surface area (Å²) in [7, 11) is 0. The van der Waals surface area contributed by atoms with Gasteiger partial charge < -0.3 is 10.4 Å². The molecule has 2 N–H and O–H groups in total. The molecule has 0 aliphatic rings. The third kappa shape index (κ3) is 4.54. The molecule has 1 aromatic carbocycles. The van der Waals surface area contributed by atoms with Crippen molar-refractivity contribution >= 4 is 33.4 Å². The van der Waals surface area contributed by atoms with E-state index in [1.807, 2.05) is 44.2 Å². The van der Waals surface area contributed by atoms with Gasteiger partial charge in [0.1, 0.15) is 10.9 Å². The molecule has 0 fully saturated rings. The van der Waals surface area contributed by atoms with Gasteiger partial charge in [0.25, 0.3) is 11.5 Å². The first-order valence-electron chi connectivity index (χ1n) is 9.34. The van der Waals surface area contributed by atoms with Crippen molar-refractivity contribution in [2.24, 2.45) is 5.92 Å². The molecule has 1 amide bonds. The zero-order valence-electron chi connectivity index (χ0n) is 16.5. The number of thiophene rings is 1. The average molecular weight is 413 g/mol. The molecular weight excluding hydrogens is 390 g/mol.